The van der Waals surface area contributed by atoms with Crippen LogP contribution in [0, 0.1) is 6.92 Å². The lowest BCUT2D eigenvalue weighted by Crippen LogP contribution is -2.40. The zero-order chi connectivity index (χ0) is 37.6. The highest BCUT2D eigenvalue weighted by atomic mass is 16.6. The lowest BCUT2D eigenvalue weighted by Gasteiger charge is -2.31. The lowest BCUT2D eigenvalue weighted by molar-refractivity contribution is -0.139. The molecule has 1 aliphatic rings. The highest BCUT2D eigenvalue weighted by Crippen LogP contribution is 2.34. The number of imidazole rings is 1. The van der Waals surface area contributed by atoms with Crippen LogP contribution in [0.15, 0.2) is 53.5 Å². The first-order valence-electron chi connectivity index (χ1n) is 18.1. The number of nitrogens with zero attached hydrogens (tertiary/aromatic N) is 6. The Morgan fingerprint density at radius 3 is 2.09 bits per heavy atom. The first-order valence-corrected chi connectivity index (χ1v) is 18.1. The number of aliphatic carboxylic acids is 1. The number of carbonyl (C=O) groups excluding carboxylic acids is 1. The number of fused-ring (bicyclic) bond motifs is 1. The van der Waals surface area contributed by atoms with Crippen LogP contribution in [-0.2, 0) is 40.3 Å². The summed E-state index contributed by atoms with van der Waals surface area (Å²) in [5, 5.41) is 13.1. The van der Waals surface area contributed by atoms with E-state index in [1.165, 1.54) is 4.68 Å². The van der Waals surface area contributed by atoms with Gasteiger partial charge < -0.3 is 38.3 Å². The zero-order valence-corrected chi connectivity index (χ0v) is 30.8. The maximum Gasteiger partial charge on any atom is 0.305 e. The van der Waals surface area contributed by atoms with Crippen LogP contribution >= 0.6 is 0 Å². The molecule has 0 spiro atoms. The molecule has 15 heteroatoms. The Kier molecular flexibility index (Phi) is 15.0. The molecule has 1 unspecified atom stereocenters. The summed E-state index contributed by atoms with van der Waals surface area (Å²) in [7, 11) is 1.65. The molecular weight excluding hydrogens is 684 g/mol. The summed E-state index contributed by atoms with van der Waals surface area (Å²) in [6.07, 6.45) is 3.37. The fraction of sp³-hybridized carbons (Fsp3) is 0.526. The third-order valence-electron chi connectivity index (χ3n) is 9.18. The Hall–Kier alpha value is -4.54. The number of benzene rings is 1. The number of hydrogen-bond acceptors (Lipinski definition) is 11. The minimum atomic E-state index is -0.887. The molecule has 0 saturated carbocycles. The highest BCUT2D eigenvalue weighted by Gasteiger charge is 2.27. The van der Waals surface area contributed by atoms with Crippen molar-refractivity contribution in [2.45, 2.75) is 45.1 Å². The molecule has 1 amide bonds. The van der Waals surface area contributed by atoms with Crippen molar-refractivity contribution < 1.29 is 38.4 Å². The first-order chi connectivity index (χ1) is 25.7. The van der Waals surface area contributed by atoms with E-state index in [0.29, 0.717) is 83.0 Å². The van der Waals surface area contributed by atoms with Crippen LogP contribution in [0.2, 0.25) is 0 Å². The molecule has 1 aliphatic heterocycles. The summed E-state index contributed by atoms with van der Waals surface area (Å²) in [6, 6.07) is 14.1. The van der Waals surface area contributed by atoms with Crippen LogP contribution in [-0.4, -0.2) is 125 Å². The van der Waals surface area contributed by atoms with Gasteiger partial charge in [-0.25, -0.2) is 9.67 Å². The lowest BCUT2D eigenvalue weighted by atomic mass is 9.93. The van der Waals surface area contributed by atoms with E-state index in [2.05, 4.69) is 34.8 Å². The second kappa shape index (κ2) is 20.1. The molecule has 3 aromatic heterocycles. The molecule has 1 fully saturated rings. The van der Waals surface area contributed by atoms with Crippen molar-refractivity contribution >= 4 is 22.9 Å². The number of ether oxygens (including phenoxy) is 5. The second-order valence-corrected chi connectivity index (χ2v) is 12.9. The van der Waals surface area contributed by atoms with E-state index in [1.54, 1.807) is 20.0 Å². The van der Waals surface area contributed by atoms with Crippen LogP contribution in [0.4, 0.5) is 0 Å². The Balaban J connectivity index is 1.06. The molecule has 4 aromatic rings. The second-order valence-electron chi connectivity index (χ2n) is 12.9. The van der Waals surface area contributed by atoms with Crippen molar-refractivity contribution in [3.63, 3.8) is 0 Å². The predicted octanol–water partition coefficient (Wildman–Crippen LogP) is 3.37. The number of aromatic nitrogens is 5. The summed E-state index contributed by atoms with van der Waals surface area (Å²) in [5.41, 5.74) is 4.85. The van der Waals surface area contributed by atoms with Crippen LogP contribution in [0.25, 0.3) is 22.6 Å². The van der Waals surface area contributed by atoms with E-state index < -0.39 is 5.97 Å². The molecule has 0 radical (unpaired) electrons. The summed E-state index contributed by atoms with van der Waals surface area (Å²) < 4.78 is 30.6. The number of rotatable bonds is 21. The smallest absolute Gasteiger partial charge is 0.305 e. The van der Waals surface area contributed by atoms with E-state index in [4.69, 9.17) is 38.8 Å². The minimum Gasteiger partial charge on any atom is -0.481 e. The number of carboxylic acid groups (broad SMARTS) is 1. The fourth-order valence-electron chi connectivity index (χ4n) is 6.27. The van der Waals surface area contributed by atoms with Gasteiger partial charge >= 0.3 is 5.97 Å². The first kappa shape index (κ1) is 39.7. The largest absolute Gasteiger partial charge is 0.481 e. The van der Waals surface area contributed by atoms with Crippen molar-refractivity contribution in [1.29, 1.82) is 0 Å². The number of hydrogen-bond donors (Lipinski definition) is 1. The van der Waals surface area contributed by atoms with Gasteiger partial charge in [-0.05, 0) is 44.4 Å². The fourth-order valence-corrected chi connectivity index (χ4v) is 6.27. The number of piperidine rings is 1. The molecule has 0 aliphatic carbocycles. The van der Waals surface area contributed by atoms with Crippen LogP contribution < -0.4 is 5.56 Å². The van der Waals surface area contributed by atoms with Gasteiger partial charge in [0.2, 0.25) is 5.91 Å². The van der Waals surface area contributed by atoms with Gasteiger partial charge in [0.25, 0.3) is 5.56 Å². The van der Waals surface area contributed by atoms with Gasteiger partial charge in [-0.1, -0.05) is 30.3 Å². The van der Waals surface area contributed by atoms with Crippen molar-refractivity contribution in [3.05, 3.63) is 75.8 Å². The average molecular weight is 735 g/mol. The van der Waals surface area contributed by atoms with Crippen LogP contribution in [0.1, 0.15) is 55.0 Å². The summed E-state index contributed by atoms with van der Waals surface area (Å²) >= 11 is 0. The maximum atomic E-state index is 12.9. The van der Waals surface area contributed by atoms with Crippen molar-refractivity contribution in [1.82, 2.24) is 29.2 Å². The quantitative estimate of drug-likeness (QED) is 0.124. The van der Waals surface area contributed by atoms with Crippen molar-refractivity contribution in [2.75, 3.05) is 79.2 Å². The number of amides is 1. The Morgan fingerprint density at radius 2 is 1.49 bits per heavy atom. The van der Waals surface area contributed by atoms with E-state index >= 15 is 0 Å². The highest BCUT2D eigenvalue weighted by molar-refractivity contribution is 5.80. The number of aryl methyl sites for hydroxylation is 2. The molecule has 1 saturated heterocycles. The summed E-state index contributed by atoms with van der Waals surface area (Å²) in [6.45, 7) is 8.37. The minimum absolute atomic E-state index is 0.00399. The van der Waals surface area contributed by atoms with Gasteiger partial charge in [0.15, 0.2) is 5.82 Å². The number of likely N-dealkylation sites (tertiary alicyclic amines) is 1. The average Bonchev–Trinajstić information content (AvgIpc) is 3.55. The Labute approximate surface area is 308 Å². The van der Waals surface area contributed by atoms with Gasteiger partial charge in [-0.3, -0.25) is 19.4 Å². The molecule has 5 rings (SSSR count). The van der Waals surface area contributed by atoms with Crippen LogP contribution in [0.5, 0.6) is 0 Å². The molecular formula is C38H50N6O9. The van der Waals surface area contributed by atoms with Gasteiger partial charge in [0, 0.05) is 37.3 Å². The van der Waals surface area contributed by atoms with Gasteiger partial charge in [0.1, 0.15) is 17.8 Å². The Bertz CT molecular complexity index is 1810. The third-order valence-corrected chi connectivity index (χ3v) is 9.18. The molecule has 286 valence electrons. The summed E-state index contributed by atoms with van der Waals surface area (Å²) in [4.78, 5) is 47.4. The van der Waals surface area contributed by atoms with Crippen molar-refractivity contribution in [2.24, 2.45) is 7.05 Å². The van der Waals surface area contributed by atoms with Crippen LogP contribution in [0.3, 0.4) is 0 Å². The number of pyridine rings is 1. The summed E-state index contributed by atoms with van der Waals surface area (Å²) in [5.74, 6) is -0.0672. The van der Waals surface area contributed by atoms with E-state index in [-0.39, 0.29) is 43.1 Å². The Morgan fingerprint density at radius 1 is 0.887 bits per heavy atom. The van der Waals surface area contributed by atoms with Gasteiger partial charge in [-0.15, -0.1) is 0 Å². The molecule has 1 atom stereocenters. The SMILES string of the molecule is Cc1cc(-c2nc3cnc(C4CCN(C(=O)COCCOCCOCCOCCOCCC(=O)O)CC4)cc3n2C(C)c2ccccc2)nn(C)c1=O. The maximum absolute atomic E-state index is 12.9. The molecule has 1 N–H and O–H groups in total. The number of carbonyl (C=O) groups is 2. The van der Waals surface area contributed by atoms with E-state index in [9.17, 15) is 14.4 Å². The monoisotopic (exact) mass is 734 g/mol. The van der Waals surface area contributed by atoms with Gasteiger partial charge in [-0.2, -0.15) is 5.10 Å². The van der Waals surface area contributed by atoms with E-state index in [0.717, 1.165) is 35.1 Å². The van der Waals surface area contributed by atoms with Gasteiger partial charge in [0.05, 0.1) is 83.6 Å². The third kappa shape index (κ3) is 11.2. The molecule has 4 heterocycles. The topological polar surface area (TPSA) is 169 Å². The van der Waals surface area contributed by atoms with Crippen molar-refractivity contribution in [3.8, 4) is 11.5 Å². The zero-order valence-electron chi connectivity index (χ0n) is 30.8. The van der Waals surface area contributed by atoms with E-state index in [1.807, 2.05) is 29.3 Å². The predicted molar refractivity (Wildman–Crippen MR) is 196 cm³/mol. The standard InChI is InChI=1S/C38H50N6O9/c1-27-23-32(41-42(3)38(27)48)37-40-33-25-39-31(24-34(33)44(37)28(2)29-7-5-4-6-8-29)30-9-12-43(13-10-30)35(45)26-53-22-21-52-20-19-51-18-17-50-16-15-49-14-11-36(46)47/h4-8,23-25,28,30H,9-22,26H2,1-3H3,(H,46,47). The molecule has 1 aromatic carbocycles. The molecule has 0 bridgehead atoms. The molecule has 53 heavy (non-hydrogen) atoms. The molecule has 15 nitrogen and oxygen atoms in total. The normalized spacial score (nSPS) is 14.2. The number of carboxylic acids is 1.